The van der Waals surface area contributed by atoms with E-state index >= 15 is 0 Å². The van der Waals surface area contributed by atoms with E-state index in [0.29, 0.717) is 0 Å². The van der Waals surface area contributed by atoms with E-state index in [0.717, 1.165) is 12.8 Å². The fourth-order valence-electron chi connectivity index (χ4n) is 2.15. The summed E-state index contributed by atoms with van der Waals surface area (Å²) in [5.41, 5.74) is 2.39. The fourth-order valence-corrected chi connectivity index (χ4v) is 2.15. The van der Waals surface area contributed by atoms with Crippen molar-refractivity contribution in [2.45, 2.75) is 18.4 Å². The predicted octanol–water partition coefficient (Wildman–Crippen LogP) is 4.02. The smallest absolute Gasteiger partial charge is 0.0628 e. The van der Waals surface area contributed by atoms with Gasteiger partial charge in [-0.15, -0.1) is 13.2 Å². The van der Waals surface area contributed by atoms with Gasteiger partial charge in [0.2, 0.25) is 0 Å². The third-order valence-electron chi connectivity index (χ3n) is 2.94. The Morgan fingerprint density at radius 2 is 1.81 bits per heavy atom. The molecule has 0 saturated heterocycles. The second-order valence-electron chi connectivity index (χ2n) is 4.19. The van der Waals surface area contributed by atoms with E-state index in [-0.39, 0.29) is 5.54 Å². The quantitative estimate of drug-likeness (QED) is 0.742. The first kappa shape index (κ1) is 10.7. The van der Waals surface area contributed by atoms with Crippen molar-refractivity contribution in [3.8, 4) is 0 Å². The van der Waals surface area contributed by atoms with Crippen molar-refractivity contribution in [2.24, 2.45) is 0 Å². The molecule has 0 saturated carbocycles. The fraction of sp³-hybridized carbons (Fsp3) is 0.200. The van der Waals surface area contributed by atoms with E-state index in [1.807, 2.05) is 12.2 Å². The van der Waals surface area contributed by atoms with Crippen LogP contribution in [0.3, 0.4) is 0 Å². The van der Waals surface area contributed by atoms with Crippen molar-refractivity contribution in [2.75, 3.05) is 5.32 Å². The molecular weight excluding hydrogens is 194 g/mol. The number of benzene rings is 1. The lowest BCUT2D eigenvalue weighted by atomic mass is 9.86. The maximum absolute atomic E-state index is 3.83. The van der Waals surface area contributed by atoms with Crippen LogP contribution in [-0.2, 0) is 0 Å². The second-order valence-corrected chi connectivity index (χ2v) is 4.19. The van der Waals surface area contributed by atoms with Crippen LogP contribution in [-0.4, -0.2) is 5.54 Å². The first-order valence-electron chi connectivity index (χ1n) is 5.58. The Hall–Kier alpha value is -1.76. The number of rotatable bonds is 4. The van der Waals surface area contributed by atoms with Crippen LogP contribution in [0.15, 0.2) is 55.7 Å². The Labute approximate surface area is 97.2 Å². The lowest BCUT2D eigenvalue weighted by Gasteiger charge is -2.34. The summed E-state index contributed by atoms with van der Waals surface area (Å²) in [6.07, 6.45) is 10.1. The highest BCUT2D eigenvalue weighted by Crippen LogP contribution is 2.32. The van der Waals surface area contributed by atoms with Gasteiger partial charge in [-0.25, -0.2) is 0 Å². The SMILES string of the molecule is C=CCC1(CC=C)C=Cc2ccccc2N1. The van der Waals surface area contributed by atoms with Crippen LogP contribution in [0.2, 0.25) is 0 Å². The summed E-state index contributed by atoms with van der Waals surface area (Å²) in [5, 5.41) is 3.58. The number of fused-ring (bicyclic) bond motifs is 1. The second kappa shape index (κ2) is 4.40. The van der Waals surface area contributed by atoms with Gasteiger partial charge in [-0.3, -0.25) is 0 Å². The number of hydrogen-bond donors (Lipinski definition) is 1. The van der Waals surface area contributed by atoms with Crippen molar-refractivity contribution in [3.63, 3.8) is 0 Å². The third-order valence-corrected chi connectivity index (χ3v) is 2.94. The molecule has 1 aromatic rings. The van der Waals surface area contributed by atoms with Gasteiger partial charge in [-0.05, 0) is 24.5 Å². The Morgan fingerprint density at radius 3 is 2.50 bits per heavy atom. The highest BCUT2D eigenvalue weighted by molar-refractivity contribution is 5.72. The first-order valence-corrected chi connectivity index (χ1v) is 5.58. The molecule has 0 atom stereocenters. The average Bonchev–Trinajstić information content (AvgIpc) is 2.30. The topological polar surface area (TPSA) is 12.0 Å². The average molecular weight is 211 g/mol. The first-order chi connectivity index (χ1) is 7.79. The molecule has 0 aromatic heterocycles. The summed E-state index contributed by atoms with van der Waals surface area (Å²) < 4.78 is 0. The van der Waals surface area contributed by atoms with E-state index in [4.69, 9.17) is 0 Å². The highest BCUT2D eigenvalue weighted by Gasteiger charge is 2.27. The molecule has 1 N–H and O–H groups in total. The van der Waals surface area contributed by atoms with Gasteiger partial charge >= 0.3 is 0 Å². The maximum atomic E-state index is 3.83. The number of hydrogen-bond acceptors (Lipinski definition) is 1. The summed E-state index contributed by atoms with van der Waals surface area (Å²) in [4.78, 5) is 0. The zero-order chi connectivity index (χ0) is 11.4. The lowest BCUT2D eigenvalue weighted by Crippen LogP contribution is -2.36. The van der Waals surface area contributed by atoms with Crippen LogP contribution in [0.4, 0.5) is 5.69 Å². The predicted molar refractivity (Wildman–Crippen MR) is 71.5 cm³/mol. The number of nitrogens with one attached hydrogen (secondary N) is 1. The molecule has 1 aliphatic rings. The third kappa shape index (κ3) is 1.94. The normalized spacial score (nSPS) is 16.0. The molecule has 16 heavy (non-hydrogen) atoms. The Balaban J connectivity index is 2.34. The van der Waals surface area contributed by atoms with E-state index in [1.54, 1.807) is 0 Å². The van der Waals surface area contributed by atoms with Gasteiger partial charge < -0.3 is 5.32 Å². The van der Waals surface area contributed by atoms with Crippen molar-refractivity contribution in [1.82, 2.24) is 0 Å². The molecule has 0 amide bonds. The van der Waals surface area contributed by atoms with Gasteiger partial charge in [0.05, 0.1) is 5.54 Å². The van der Waals surface area contributed by atoms with Gasteiger partial charge in [0.15, 0.2) is 0 Å². The Kier molecular flexibility index (Phi) is 2.95. The monoisotopic (exact) mass is 211 g/mol. The molecule has 1 heteroatoms. The standard InChI is InChI=1S/C15H17N/c1-3-10-15(11-4-2)12-9-13-7-5-6-8-14(13)16-15/h3-9,12,16H,1-2,10-11H2. The molecular formula is C15H17N. The van der Waals surface area contributed by atoms with E-state index < -0.39 is 0 Å². The van der Waals surface area contributed by atoms with Crippen molar-refractivity contribution in [3.05, 3.63) is 61.2 Å². The molecule has 0 aliphatic carbocycles. The van der Waals surface area contributed by atoms with E-state index in [1.165, 1.54) is 11.3 Å². The van der Waals surface area contributed by atoms with Crippen LogP contribution in [0.25, 0.3) is 6.08 Å². The van der Waals surface area contributed by atoms with Crippen LogP contribution in [0, 0.1) is 0 Å². The summed E-state index contributed by atoms with van der Waals surface area (Å²) >= 11 is 0. The summed E-state index contributed by atoms with van der Waals surface area (Å²) in [7, 11) is 0. The highest BCUT2D eigenvalue weighted by atomic mass is 15.0. The van der Waals surface area contributed by atoms with Gasteiger partial charge in [0, 0.05) is 5.69 Å². The van der Waals surface area contributed by atoms with Gasteiger partial charge in [-0.1, -0.05) is 42.5 Å². The van der Waals surface area contributed by atoms with Crippen molar-refractivity contribution < 1.29 is 0 Å². The van der Waals surface area contributed by atoms with Gasteiger partial charge in [-0.2, -0.15) is 0 Å². The Bertz CT molecular complexity index is 419. The largest absolute Gasteiger partial charge is 0.375 e. The number of anilines is 1. The molecule has 0 unspecified atom stereocenters. The molecule has 0 bridgehead atoms. The molecule has 82 valence electrons. The minimum Gasteiger partial charge on any atom is -0.375 e. The van der Waals surface area contributed by atoms with Crippen molar-refractivity contribution in [1.29, 1.82) is 0 Å². The van der Waals surface area contributed by atoms with Crippen LogP contribution >= 0.6 is 0 Å². The molecule has 0 radical (unpaired) electrons. The zero-order valence-electron chi connectivity index (χ0n) is 9.45. The zero-order valence-corrected chi connectivity index (χ0v) is 9.45. The number of para-hydroxylation sites is 1. The molecule has 1 aromatic carbocycles. The van der Waals surface area contributed by atoms with Gasteiger partial charge in [0.25, 0.3) is 0 Å². The Morgan fingerprint density at radius 1 is 1.12 bits per heavy atom. The van der Waals surface area contributed by atoms with E-state index in [2.05, 4.69) is 54.9 Å². The summed E-state index contributed by atoms with van der Waals surface area (Å²) in [5.74, 6) is 0. The molecule has 0 spiro atoms. The van der Waals surface area contributed by atoms with Crippen molar-refractivity contribution >= 4 is 11.8 Å². The molecule has 2 rings (SSSR count). The maximum Gasteiger partial charge on any atom is 0.0628 e. The van der Waals surface area contributed by atoms with Crippen LogP contribution in [0.1, 0.15) is 18.4 Å². The molecule has 1 aliphatic heterocycles. The van der Waals surface area contributed by atoms with Crippen LogP contribution < -0.4 is 5.32 Å². The molecule has 0 fully saturated rings. The summed E-state index contributed by atoms with van der Waals surface area (Å²) in [6.45, 7) is 7.66. The minimum atomic E-state index is -0.0438. The van der Waals surface area contributed by atoms with E-state index in [9.17, 15) is 0 Å². The summed E-state index contributed by atoms with van der Waals surface area (Å²) in [6, 6.07) is 8.33. The molecule has 1 heterocycles. The minimum absolute atomic E-state index is 0.0438. The lowest BCUT2D eigenvalue weighted by molar-refractivity contribution is 0.591. The van der Waals surface area contributed by atoms with Crippen LogP contribution in [0.5, 0.6) is 0 Å². The van der Waals surface area contributed by atoms with Gasteiger partial charge in [0.1, 0.15) is 0 Å². The molecule has 1 nitrogen and oxygen atoms in total.